The Balaban J connectivity index is 2.94. The Morgan fingerprint density at radius 2 is 1.87 bits per heavy atom. The van der Waals surface area contributed by atoms with Crippen molar-refractivity contribution in [2.75, 3.05) is 0 Å². The van der Waals surface area contributed by atoms with Crippen molar-refractivity contribution < 1.29 is 9.90 Å². The second kappa shape index (κ2) is 3.66. The van der Waals surface area contributed by atoms with Gasteiger partial charge in [-0.2, -0.15) is 0 Å². The number of halogens is 1. The Labute approximate surface area is 95.7 Å². The summed E-state index contributed by atoms with van der Waals surface area (Å²) in [6.07, 6.45) is 0. The molecule has 0 spiro atoms. The first-order valence-corrected chi connectivity index (χ1v) is 5.31. The van der Waals surface area contributed by atoms with Gasteiger partial charge in [-0.15, -0.1) is 0 Å². The van der Waals surface area contributed by atoms with Gasteiger partial charge in [0.15, 0.2) is 0 Å². The second-order valence-electron chi connectivity index (χ2n) is 3.41. The Kier molecular flexibility index (Phi) is 2.49. The molecule has 0 fully saturated rings. The van der Waals surface area contributed by atoms with E-state index in [1.165, 1.54) is 0 Å². The Morgan fingerprint density at radius 1 is 1.27 bits per heavy atom. The minimum atomic E-state index is -0.887. The molecule has 3 heteroatoms. The number of fused-ring (bicyclic) bond motifs is 1. The quantitative estimate of drug-likeness (QED) is 0.855. The van der Waals surface area contributed by atoms with Gasteiger partial charge in [0.05, 0.1) is 5.56 Å². The third-order valence-corrected chi connectivity index (χ3v) is 3.44. The normalized spacial score (nSPS) is 10.5. The van der Waals surface area contributed by atoms with E-state index in [0.29, 0.717) is 5.56 Å². The summed E-state index contributed by atoms with van der Waals surface area (Å²) in [6.45, 7) is 1.89. The first-order valence-electron chi connectivity index (χ1n) is 4.52. The molecule has 2 nitrogen and oxygen atoms in total. The number of carbonyl (C=O) groups is 1. The number of aryl methyl sites for hydroxylation is 1. The maximum Gasteiger partial charge on any atom is 0.336 e. The summed E-state index contributed by atoms with van der Waals surface area (Å²) in [5, 5.41) is 10.8. The van der Waals surface area contributed by atoms with Crippen LogP contribution in [0, 0.1) is 6.92 Å². The van der Waals surface area contributed by atoms with E-state index in [-0.39, 0.29) is 0 Å². The van der Waals surface area contributed by atoms with Crippen molar-refractivity contribution in [1.29, 1.82) is 0 Å². The molecule has 0 radical (unpaired) electrons. The molecule has 2 aromatic carbocycles. The summed E-state index contributed by atoms with van der Waals surface area (Å²) in [5.41, 5.74) is 1.29. The lowest BCUT2D eigenvalue weighted by Gasteiger charge is -2.07. The van der Waals surface area contributed by atoms with Crippen LogP contribution in [-0.2, 0) is 0 Å². The van der Waals surface area contributed by atoms with Crippen LogP contribution in [0.4, 0.5) is 0 Å². The van der Waals surface area contributed by atoms with Gasteiger partial charge in [-0.05, 0) is 45.3 Å². The van der Waals surface area contributed by atoms with E-state index in [0.717, 1.165) is 20.8 Å². The van der Waals surface area contributed by atoms with Crippen LogP contribution in [0.15, 0.2) is 34.8 Å². The topological polar surface area (TPSA) is 37.3 Å². The van der Waals surface area contributed by atoms with Gasteiger partial charge in [-0.1, -0.05) is 24.3 Å². The molecule has 0 heterocycles. The zero-order chi connectivity index (χ0) is 11.0. The van der Waals surface area contributed by atoms with Crippen molar-refractivity contribution in [3.63, 3.8) is 0 Å². The van der Waals surface area contributed by atoms with Crippen molar-refractivity contribution in [2.24, 2.45) is 0 Å². The molecule has 0 saturated carbocycles. The lowest BCUT2D eigenvalue weighted by Crippen LogP contribution is -1.98. The number of carboxylic acid groups (broad SMARTS) is 1. The molecule has 0 saturated heterocycles. The van der Waals surface area contributed by atoms with E-state index in [4.69, 9.17) is 5.11 Å². The first kappa shape index (κ1) is 10.2. The van der Waals surface area contributed by atoms with Crippen molar-refractivity contribution in [3.05, 3.63) is 45.9 Å². The van der Waals surface area contributed by atoms with Crippen LogP contribution in [0.5, 0.6) is 0 Å². The predicted molar refractivity (Wildman–Crippen MR) is 63.3 cm³/mol. The molecule has 15 heavy (non-hydrogen) atoms. The van der Waals surface area contributed by atoms with Gasteiger partial charge in [0.2, 0.25) is 0 Å². The third-order valence-electron chi connectivity index (χ3n) is 2.39. The summed E-state index contributed by atoms with van der Waals surface area (Å²) in [6, 6.07) is 9.17. The van der Waals surface area contributed by atoms with Crippen molar-refractivity contribution in [1.82, 2.24) is 0 Å². The van der Waals surface area contributed by atoms with Crippen LogP contribution in [0.1, 0.15) is 15.9 Å². The molecule has 2 aromatic rings. The summed E-state index contributed by atoms with van der Waals surface area (Å²) in [4.78, 5) is 11.1. The van der Waals surface area contributed by atoms with Crippen LogP contribution in [0.2, 0.25) is 0 Å². The van der Waals surface area contributed by atoms with E-state index < -0.39 is 5.97 Å². The van der Waals surface area contributed by atoms with Gasteiger partial charge in [-0.3, -0.25) is 0 Å². The van der Waals surface area contributed by atoms with Gasteiger partial charge in [0, 0.05) is 4.47 Å². The van der Waals surface area contributed by atoms with Gasteiger partial charge in [-0.25, -0.2) is 4.79 Å². The average Bonchev–Trinajstić information content (AvgIpc) is 2.23. The largest absolute Gasteiger partial charge is 0.478 e. The minimum Gasteiger partial charge on any atom is -0.478 e. The maximum atomic E-state index is 11.1. The lowest BCUT2D eigenvalue weighted by molar-refractivity contribution is 0.0699. The lowest BCUT2D eigenvalue weighted by atomic mass is 10.0. The molecule has 76 valence electrons. The van der Waals surface area contributed by atoms with Crippen molar-refractivity contribution >= 4 is 32.7 Å². The SMILES string of the molecule is Cc1cc(C(=O)O)c2ccccc2c1Br. The molecular weight excluding hydrogens is 256 g/mol. The fourth-order valence-electron chi connectivity index (χ4n) is 1.66. The standard InChI is InChI=1S/C12H9BrO2/c1-7-6-10(12(14)15)8-4-2-3-5-9(8)11(7)13/h2-6H,1H3,(H,14,15). The van der Waals surface area contributed by atoms with E-state index >= 15 is 0 Å². The van der Waals surface area contributed by atoms with Crippen LogP contribution in [0.3, 0.4) is 0 Å². The van der Waals surface area contributed by atoms with Crippen LogP contribution < -0.4 is 0 Å². The van der Waals surface area contributed by atoms with E-state index in [9.17, 15) is 4.79 Å². The highest BCUT2D eigenvalue weighted by Crippen LogP contribution is 2.30. The molecule has 2 rings (SSSR count). The van der Waals surface area contributed by atoms with E-state index in [2.05, 4.69) is 15.9 Å². The summed E-state index contributed by atoms with van der Waals surface area (Å²) < 4.78 is 0.961. The molecule has 0 amide bonds. The molecule has 0 aliphatic carbocycles. The van der Waals surface area contributed by atoms with Gasteiger partial charge < -0.3 is 5.11 Å². The number of carboxylic acids is 1. The second-order valence-corrected chi connectivity index (χ2v) is 4.20. The third kappa shape index (κ3) is 1.63. The number of hydrogen-bond donors (Lipinski definition) is 1. The van der Waals surface area contributed by atoms with Crippen LogP contribution in [-0.4, -0.2) is 11.1 Å². The number of hydrogen-bond acceptors (Lipinski definition) is 1. The Hall–Kier alpha value is -1.35. The van der Waals surface area contributed by atoms with Gasteiger partial charge in [0.25, 0.3) is 0 Å². The van der Waals surface area contributed by atoms with E-state index in [1.807, 2.05) is 31.2 Å². The summed E-state index contributed by atoms with van der Waals surface area (Å²) in [5.74, 6) is -0.887. The fourth-order valence-corrected chi connectivity index (χ4v) is 2.12. The highest BCUT2D eigenvalue weighted by atomic mass is 79.9. The van der Waals surface area contributed by atoms with Crippen molar-refractivity contribution in [3.8, 4) is 0 Å². The zero-order valence-corrected chi connectivity index (χ0v) is 9.71. The number of benzene rings is 2. The summed E-state index contributed by atoms with van der Waals surface area (Å²) >= 11 is 3.47. The molecule has 0 aliphatic rings. The molecule has 0 atom stereocenters. The smallest absolute Gasteiger partial charge is 0.336 e. The van der Waals surface area contributed by atoms with Crippen LogP contribution >= 0.6 is 15.9 Å². The molecule has 0 aliphatic heterocycles. The number of rotatable bonds is 1. The monoisotopic (exact) mass is 264 g/mol. The molecule has 0 unspecified atom stereocenters. The first-order chi connectivity index (χ1) is 7.11. The summed E-state index contributed by atoms with van der Waals surface area (Å²) in [7, 11) is 0. The fraction of sp³-hybridized carbons (Fsp3) is 0.0833. The highest BCUT2D eigenvalue weighted by molar-refractivity contribution is 9.10. The molecule has 1 N–H and O–H groups in total. The molecule has 0 aromatic heterocycles. The van der Waals surface area contributed by atoms with Gasteiger partial charge >= 0.3 is 5.97 Å². The minimum absolute atomic E-state index is 0.353. The van der Waals surface area contributed by atoms with Crippen molar-refractivity contribution in [2.45, 2.75) is 6.92 Å². The Morgan fingerprint density at radius 3 is 2.47 bits per heavy atom. The average molecular weight is 265 g/mol. The van der Waals surface area contributed by atoms with E-state index in [1.54, 1.807) is 6.07 Å². The maximum absolute atomic E-state index is 11.1. The molecule has 0 bridgehead atoms. The Bertz CT molecular complexity index is 547. The highest BCUT2D eigenvalue weighted by Gasteiger charge is 2.11. The number of aromatic carboxylic acids is 1. The predicted octanol–water partition coefficient (Wildman–Crippen LogP) is 3.61. The van der Waals surface area contributed by atoms with Gasteiger partial charge in [0.1, 0.15) is 0 Å². The zero-order valence-electron chi connectivity index (χ0n) is 8.12. The molecular formula is C12H9BrO2. The van der Waals surface area contributed by atoms with Crippen LogP contribution in [0.25, 0.3) is 10.8 Å².